The molecule has 2 fully saturated rings. The maximum Gasteiger partial charge on any atom is 0.249 e. The summed E-state index contributed by atoms with van der Waals surface area (Å²) in [4.78, 5) is 28.3. The second-order valence-corrected chi connectivity index (χ2v) is 6.32. The predicted octanol–water partition coefficient (Wildman–Crippen LogP) is 0.322. The molecule has 0 saturated carbocycles. The van der Waals surface area contributed by atoms with Crippen molar-refractivity contribution in [3.63, 3.8) is 0 Å². The van der Waals surface area contributed by atoms with Gasteiger partial charge in [0, 0.05) is 26.7 Å². The van der Waals surface area contributed by atoms with Gasteiger partial charge in [-0.2, -0.15) is 0 Å². The molecule has 2 aliphatic heterocycles. The van der Waals surface area contributed by atoms with Crippen molar-refractivity contribution in [3.05, 3.63) is 29.8 Å². The first kappa shape index (κ1) is 17.7. The van der Waals surface area contributed by atoms with Gasteiger partial charge >= 0.3 is 0 Å². The zero-order valence-corrected chi connectivity index (χ0v) is 14.6. The van der Waals surface area contributed by atoms with E-state index in [1.165, 1.54) is 0 Å². The van der Waals surface area contributed by atoms with E-state index in [4.69, 9.17) is 14.2 Å². The van der Waals surface area contributed by atoms with E-state index in [9.17, 15) is 9.59 Å². The normalized spacial score (nSPS) is 22.9. The highest BCUT2D eigenvalue weighted by atomic mass is 16.5. The number of hydrogen-bond acceptors (Lipinski definition) is 5. The lowest BCUT2D eigenvalue weighted by molar-refractivity contribution is -0.153. The van der Waals surface area contributed by atoms with Crippen LogP contribution in [-0.2, 0) is 25.5 Å². The van der Waals surface area contributed by atoms with Gasteiger partial charge in [-0.1, -0.05) is 12.1 Å². The minimum Gasteiger partial charge on any atom is -0.497 e. The Balaban J connectivity index is 1.64. The minimum absolute atomic E-state index is 0.0328. The maximum atomic E-state index is 12.7. The predicted molar refractivity (Wildman–Crippen MR) is 90.4 cm³/mol. The Morgan fingerprint density at radius 1 is 1.32 bits per heavy atom. The molecule has 0 unspecified atom stereocenters. The number of morpholine rings is 1. The Hall–Kier alpha value is -2.12. The topological polar surface area (TPSA) is 68.3 Å². The second kappa shape index (κ2) is 7.84. The van der Waals surface area contributed by atoms with Gasteiger partial charge < -0.3 is 24.0 Å². The molecule has 136 valence electrons. The summed E-state index contributed by atoms with van der Waals surface area (Å²) in [6.07, 6.45) is 0.187. The Morgan fingerprint density at radius 3 is 2.92 bits per heavy atom. The molecule has 0 aromatic heterocycles. The van der Waals surface area contributed by atoms with Gasteiger partial charge in [-0.25, -0.2) is 0 Å². The average molecular weight is 348 g/mol. The smallest absolute Gasteiger partial charge is 0.249 e. The number of amides is 2. The highest BCUT2D eigenvalue weighted by Gasteiger charge is 2.44. The summed E-state index contributed by atoms with van der Waals surface area (Å²) in [5.41, 5.74) is 0.910. The number of carbonyl (C=O) groups excluding carboxylic acids is 2. The Labute approximate surface area is 147 Å². The molecule has 0 bridgehead atoms. The van der Waals surface area contributed by atoms with Crippen molar-refractivity contribution in [1.29, 1.82) is 0 Å². The molecule has 0 spiro atoms. The first-order chi connectivity index (χ1) is 12.1. The third-order valence-corrected chi connectivity index (χ3v) is 4.76. The number of rotatable bonds is 6. The van der Waals surface area contributed by atoms with Gasteiger partial charge in [0.1, 0.15) is 12.4 Å². The van der Waals surface area contributed by atoms with Gasteiger partial charge in [0.05, 0.1) is 32.3 Å². The van der Waals surface area contributed by atoms with Crippen LogP contribution in [0.25, 0.3) is 0 Å². The summed E-state index contributed by atoms with van der Waals surface area (Å²) in [5, 5.41) is 0. The van der Waals surface area contributed by atoms with Gasteiger partial charge in [0.2, 0.25) is 11.8 Å². The van der Waals surface area contributed by atoms with Crippen LogP contribution in [0.15, 0.2) is 24.3 Å². The average Bonchev–Trinajstić information content (AvgIpc) is 3.05. The molecule has 2 aliphatic rings. The summed E-state index contributed by atoms with van der Waals surface area (Å²) in [6, 6.07) is 7.41. The van der Waals surface area contributed by atoms with E-state index in [1.807, 2.05) is 24.3 Å². The molecule has 0 aliphatic carbocycles. The van der Waals surface area contributed by atoms with Crippen LogP contribution in [0.5, 0.6) is 5.75 Å². The fourth-order valence-corrected chi connectivity index (χ4v) is 3.42. The van der Waals surface area contributed by atoms with Crippen molar-refractivity contribution in [2.75, 3.05) is 47.1 Å². The molecule has 3 rings (SSSR count). The molecular formula is C18H24N2O5. The molecular weight excluding hydrogens is 324 g/mol. The van der Waals surface area contributed by atoms with Crippen LogP contribution in [-0.4, -0.2) is 80.8 Å². The van der Waals surface area contributed by atoms with Crippen molar-refractivity contribution in [3.8, 4) is 5.75 Å². The highest BCUT2D eigenvalue weighted by Crippen LogP contribution is 2.24. The number of carbonyl (C=O) groups is 2. The first-order valence-electron chi connectivity index (χ1n) is 8.43. The molecule has 0 N–H and O–H groups in total. The molecule has 1 aromatic carbocycles. The van der Waals surface area contributed by atoms with E-state index >= 15 is 0 Å². The summed E-state index contributed by atoms with van der Waals surface area (Å²) < 4.78 is 15.9. The molecule has 2 heterocycles. The molecule has 25 heavy (non-hydrogen) atoms. The second-order valence-electron chi connectivity index (χ2n) is 6.32. The lowest BCUT2D eigenvalue weighted by atomic mass is 10.1. The van der Waals surface area contributed by atoms with Crippen LogP contribution in [0.2, 0.25) is 0 Å². The van der Waals surface area contributed by atoms with Crippen LogP contribution in [0.4, 0.5) is 0 Å². The number of hydrogen-bond donors (Lipinski definition) is 0. The molecule has 2 atom stereocenters. The van der Waals surface area contributed by atoms with Crippen LogP contribution in [0, 0.1) is 0 Å². The van der Waals surface area contributed by atoms with Gasteiger partial charge in [-0.05, 0) is 17.7 Å². The zero-order chi connectivity index (χ0) is 17.8. The molecule has 2 saturated heterocycles. The molecule has 1 aromatic rings. The highest BCUT2D eigenvalue weighted by molar-refractivity contribution is 5.81. The first-order valence-corrected chi connectivity index (χ1v) is 8.43. The van der Waals surface area contributed by atoms with Gasteiger partial charge in [-0.15, -0.1) is 0 Å². The SMILES string of the molecule is COCCN1C(=O)CO[C@H]2CN(C(=O)Cc3cccc(OC)c3)C[C@@H]21. The van der Waals surface area contributed by atoms with Crippen LogP contribution < -0.4 is 4.74 Å². The number of benzene rings is 1. The van der Waals surface area contributed by atoms with Crippen molar-refractivity contribution < 1.29 is 23.8 Å². The van der Waals surface area contributed by atoms with Crippen molar-refractivity contribution in [2.45, 2.75) is 18.6 Å². The minimum atomic E-state index is -0.121. The number of fused-ring (bicyclic) bond motifs is 1. The van der Waals surface area contributed by atoms with Gasteiger partial charge in [0.25, 0.3) is 0 Å². The summed E-state index contributed by atoms with van der Waals surface area (Å²) >= 11 is 0. The molecule has 7 nitrogen and oxygen atoms in total. The number of methoxy groups -OCH3 is 2. The fraction of sp³-hybridized carbons (Fsp3) is 0.556. The van der Waals surface area contributed by atoms with E-state index in [-0.39, 0.29) is 30.6 Å². The van der Waals surface area contributed by atoms with Gasteiger partial charge in [-0.3, -0.25) is 9.59 Å². The molecule has 7 heteroatoms. The summed E-state index contributed by atoms with van der Waals surface area (Å²) in [6.45, 7) is 2.10. The van der Waals surface area contributed by atoms with Gasteiger partial charge in [0.15, 0.2) is 0 Å². The van der Waals surface area contributed by atoms with Crippen molar-refractivity contribution in [2.24, 2.45) is 0 Å². The van der Waals surface area contributed by atoms with E-state index in [2.05, 4.69) is 0 Å². The lowest BCUT2D eigenvalue weighted by Crippen LogP contribution is -2.54. The third-order valence-electron chi connectivity index (χ3n) is 4.76. The summed E-state index contributed by atoms with van der Waals surface area (Å²) in [5.74, 6) is 0.728. The standard InChI is InChI=1S/C18H24N2O5/c1-23-7-6-20-15-10-19(11-16(15)25-12-18(20)22)17(21)9-13-4-3-5-14(8-13)24-2/h3-5,8,15-16H,6-7,9-12H2,1-2H3/t15-,16-/m0/s1. The van der Waals surface area contributed by atoms with Crippen molar-refractivity contribution >= 4 is 11.8 Å². The molecule has 0 radical (unpaired) electrons. The summed E-state index contributed by atoms with van der Waals surface area (Å²) in [7, 11) is 3.22. The van der Waals surface area contributed by atoms with E-state index in [0.717, 1.165) is 11.3 Å². The van der Waals surface area contributed by atoms with E-state index in [1.54, 1.807) is 24.0 Å². The fourth-order valence-electron chi connectivity index (χ4n) is 3.42. The Morgan fingerprint density at radius 2 is 2.16 bits per heavy atom. The Kier molecular flexibility index (Phi) is 5.55. The van der Waals surface area contributed by atoms with E-state index < -0.39 is 0 Å². The number of nitrogens with zero attached hydrogens (tertiary/aromatic N) is 2. The van der Waals surface area contributed by atoms with Crippen LogP contribution in [0.1, 0.15) is 5.56 Å². The van der Waals surface area contributed by atoms with Crippen molar-refractivity contribution in [1.82, 2.24) is 9.80 Å². The monoisotopic (exact) mass is 348 g/mol. The van der Waals surface area contributed by atoms with Crippen LogP contribution >= 0.6 is 0 Å². The van der Waals surface area contributed by atoms with Crippen LogP contribution in [0.3, 0.4) is 0 Å². The largest absolute Gasteiger partial charge is 0.497 e. The number of ether oxygens (including phenoxy) is 3. The maximum absolute atomic E-state index is 12.7. The Bertz CT molecular complexity index is 636. The third kappa shape index (κ3) is 3.93. The number of likely N-dealkylation sites (tertiary alicyclic amines) is 1. The zero-order valence-electron chi connectivity index (χ0n) is 14.6. The quantitative estimate of drug-likeness (QED) is 0.741. The molecule has 2 amide bonds. The lowest BCUT2D eigenvalue weighted by Gasteiger charge is -2.36. The van der Waals surface area contributed by atoms with E-state index in [0.29, 0.717) is 32.7 Å².